The van der Waals surface area contributed by atoms with E-state index in [2.05, 4.69) is 15.3 Å². The first-order chi connectivity index (χ1) is 12.6. The fourth-order valence-corrected chi connectivity index (χ4v) is 2.94. The molecule has 26 heavy (non-hydrogen) atoms. The van der Waals surface area contributed by atoms with Crippen molar-refractivity contribution in [3.05, 3.63) is 87.2 Å². The summed E-state index contributed by atoms with van der Waals surface area (Å²) in [6, 6.07) is 14.1. The van der Waals surface area contributed by atoms with E-state index in [0.717, 1.165) is 5.56 Å². The van der Waals surface area contributed by atoms with Crippen LogP contribution in [0.4, 0.5) is 4.39 Å². The molecule has 4 aromatic rings. The molecular formula is C18H13ClFN5O. The maximum absolute atomic E-state index is 14.0. The lowest BCUT2D eigenvalue weighted by atomic mass is 10.2. The smallest absolute Gasteiger partial charge is 0.283 e. The summed E-state index contributed by atoms with van der Waals surface area (Å²) in [6.45, 7) is 0.422. The molecule has 130 valence electrons. The first kappa shape index (κ1) is 16.4. The summed E-state index contributed by atoms with van der Waals surface area (Å²) in [4.78, 5) is 17.0. The number of hydrogen-bond acceptors (Lipinski definition) is 4. The van der Waals surface area contributed by atoms with Crippen LogP contribution in [0.3, 0.4) is 0 Å². The van der Waals surface area contributed by atoms with Gasteiger partial charge in [0.05, 0.1) is 13.1 Å². The summed E-state index contributed by atoms with van der Waals surface area (Å²) < 4.78 is 16.8. The second-order valence-electron chi connectivity index (χ2n) is 5.78. The molecule has 2 aromatic heterocycles. The number of benzene rings is 2. The minimum Gasteiger partial charge on any atom is -0.293 e. The van der Waals surface area contributed by atoms with Gasteiger partial charge >= 0.3 is 0 Å². The summed E-state index contributed by atoms with van der Waals surface area (Å²) in [5.74, 6) is -0.475. The number of halogens is 2. The van der Waals surface area contributed by atoms with Crippen molar-refractivity contribution in [1.82, 2.24) is 24.5 Å². The van der Waals surface area contributed by atoms with Crippen LogP contribution < -0.4 is 5.56 Å². The largest absolute Gasteiger partial charge is 0.293 e. The normalized spacial score (nSPS) is 11.2. The van der Waals surface area contributed by atoms with Gasteiger partial charge < -0.3 is 0 Å². The highest BCUT2D eigenvalue weighted by Gasteiger charge is 2.14. The lowest BCUT2D eigenvalue weighted by Gasteiger charge is -2.08. The first-order valence-electron chi connectivity index (χ1n) is 7.89. The van der Waals surface area contributed by atoms with Crippen LogP contribution in [0.25, 0.3) is 11.2 Å². The van der Waals surface area contributed by atoms with Crippen molar-refractivity contribution in [3.63, 3.8) is 0 Å². The number of fused-ring (bicyclic) bond motifs is 1. The SMILES string of the molecule is O=c1c2nnn(Cc3ccccc3)c2ncn1Cc1c(F)cccc1Cl. The molecule has 0 saturated heterocycles. The van der Waals surface area contributed by atoms with Crippen molar-refractivity contribution in [1.29, 1.82) is 0 Å². The Kier molecular flexibility index (Phi) is 4.22. The Labute approximate surface area is 152 Å². The highest BCUT2D eigenvalue weighted by Crippen LogP contribution is 2.19. The van der Waals surface area contributed by atoms with E-state index >= 15 is 0 Å². The zero-order chi connectivity index (χ0) is 18.1. The van der Waals surface area contributed by atoms with Gasteiger partial charge in [-0.15, -0.1) is 5.10 Å². The predicted octanol–water partition coefficient (Wildman–Crippen LogP) is 2.88. The van der Waals surface area contributed by atoms with Gasteiger partial charge in [0, 0.05) is 10.6 Å². The number of rotatable bonds is 4. The molecule has 0 aliphatic carbocycles. The highest BCUT2D eigenvalue weighted by molar-refractivity contribution is 6.31. The minimum absolute atomic E-state index is 0.0289. The summed E-state index contributed by atoms with van der Waals surface area (Å²) in [5.41, 5.74) is 1.37. The molecule has 4 rings (SSSR count). The van der Waals surface area contributed by atoms with E-state index in [1.54, 1.807) is 10.7 Å². The summed E-state index contributed by atoms with van der Waals surface area (Å²) in [7, 11) is 0. The molecule has 2 heterocycles. The monoisotopic (exact) mass is 369 g/mol. The van der Waals surface area contributed by atoms with E-state index in [1.807, 2.05) is 30.3 Å². The average molecular weight is 370 g/mol. The Balaban J connectivity index is 1.71. The van der Waals surface area contributed by atoms with Crippen molar-refractivity contribution in [2.24, 2.45) is 0 Å². The molecular weight excluding hydrogens is 357 g/mol. The fourth-order valence-electron chi connectivity index (χ4n) is 2.72. The zero-order valence-corrected chi connectivity index (χ0v) is 14.3. The van der Waals surface area contributed by atoms with E-state index in [0.29, 0.717) is 12.2 Å². The number of aromatic nitrogens is 5. The van der Waals surface area contributed by atoms with Crippen LogP contribution in [0.15, 0.2) is 59.7 Å². The molecule has 0 N–H and O–H groups in total. The lowest BCUT2D eigenvalue weighted by molar-refractivity contribution is 0.595. The van der Waals surface area contributed by atoms with E-state index in [-0.39, 0.29) is 22.6 Å². The molecule has 0 spiro atoms. The van der Waals surface area contributed by atoms with Gasteiger partial charge in [0.1, 0.15) is 12.1 Å². The van der Waals surface area contributed by atoms with Gasteiger partial charge in [-0.25, -0.2) is 14.1 Å². The topological polar surface area (TPSA) is 65.6 Å². The molecule has 0 atom stereocenters. The Morgan fingerprint density at radius 1 is 1.04 bits per heavy atom. The zero-order valence-electron chi connectivity index (χ0n) is 13.5. The molecule has 0 unspecified atom stereocenters. The van der Waals surface area contributed by atoms with Gasteiger partial charge in [-0.2, -0.15) is 0 Å². The molecule has 0 fully saturated rings. The highest BCUT2D eigenvalue weighted by atomic mass is 35.5. The lowest BCUT2D eigenvalue weighted by Crippen LogP contribution is -2.22. The second-order valence-corrected chi connectivity index (χ2v) is 6.19. The standard InChI is InChI=1S/C18H13ClFN5O/c19-14-7-4-8-15(20)13(14)10-24-11-21-17-16(18(24)26)22-23-25(17)9-12-5-2-1-3-6-12/h1-8,11H,9-10H2. The van der Waals surface area contributed by atoms with Crippen molar-refractivity contribution in [3.8, 4) is 0 Å². The molecule has 2 aromatic carbocycles. The maximum Gasteiger partial charge on any atom is 0.283 e. The number of nitrogens with zero attached hydrogens (tertiary/aromatic N) is 5. The number of hydrogen-bond donors (Lipinski definition) is 0. The summed E-state index contributed by atoms with van der Waals surface area (Å²) in [5, 5.41) is 8.23. The maximum atomic E-state index is 14.0. The van der Waals surface area contributed by atoms with Crippen molar-refractivity contribution in [2.75, 3.05) is 0 Å². The second kappa shape index (κ2) is 6.68. The minimum atomic E-state index is -0.475. The molecule has 8 heteroatoms. The van der Waals surface area contributed by atoms with E-state index < -0.39 is 11.4 Å². The van der Waals surface area contributed by atoms with Crippen molar-refractivity contribution >= 4 is 22.8 Å². The average Bonchev–Trinajstić information content (AvgIpc) is 3.04. The van der Waals surface area contributed by atoms with Crippen LogP contribution in [0.1, 0.15) is 11.1 Å². The van der Waals surface area contributed by atoms with Crippen LogP contribution in [0.2, 0.25) is 5.02 Å². The Bertz CT molecular complexity index is 1120. The summed E-state index contributed by atoms with van der Waals surface area (Å²) in [6.07, 6.45) is 1.36. The third-order valence-corrected chi connectivity index (χ3v) is 4.41. The quantitative estimate of drug-likeness (QED) is 0.555. The van der Waals surface area contributed by atoms with Crippen LogP contribution >= 0.6 is 11.6 Å². The molecule has 0 radical (unpaired) electrons. The Morgan fingerprint density at radius 3 is 2.62 bits per heavy atom. The molecule has 6 nitrogen and oxygen atoms in total. The predicted molar refractivity (Wildman–Crippen MR) is 95.6 cm³/mol. The third kappa shape index (κ3) is 2.97. The Hall–Kier alpha value is -3.06. The van der Waals surface area contributed by atoms with Crippen LogP contribution in [-0.4, -0.2) is 24.5 Å². The fraction of sp³-hybridized carbons (Fsp3) is 0.111. The molecule has 0 aliphatic rings. The van der Waals surface area contributed by atoms with Gasteiger partial charge in [0.2, 0.25) is 0 Å². The molecule has 0 amide bonds. The molecule has 0 bridgehead atoms. The van der Waals surface area contributed by atoms with Gasteiger partial charge in [-0.1, -0.05) is 53.2 Å². The summed E-state index contributed by atoms with van der Waals surface area (Å²) >= 11 is 6.04. The van der Waals surface area contributed by atoms with Gasteiger partial charge in [0.15, 0.2) is 11.2 Å². The third-order valence-electron chi connectivity index (χ3n) is 4.06. The van der Waals surface area contributed by atoms with Gasteiger partial charge in [-0.3, -0.25) is 9.36 Å². The first-order valence-corrected chi connectivity index (χ1v) is 8.27. The van der Waals surface area contributed by atoms with Gasteiger partial charge in [-0.05, 0) is 17.7 Å². The Morgan fingerprint density at radius 2 is 1.85 bits per heavy atom. The van der Waals surface area contributed by atoms with Crippen molar-refractivity contribution in [2.45, 2.75) is 13.1 Å². The van der Waals surface area contributed by atoms with Gasteiger partial charge in [0.25, 0.3) is 5.56 Å². The van der Waals surface area contributed by atoms with Crippen LogP contribution in [0, 0.1) is 5.82 Å². The van der Waals surface area contributed by atoms with Crippen LogP contribution in [-0.2, 0) is 13.1 Å². The van der Waals surface area contributed by atoms with E-state index in [4.69, 9.17) is 11.6 Å². The van der Waals surface area contributed by atoms with E-state index in [1.165, 1.54) is 23.0 Å². The van der Waals surface area contributed by atoms with Crippen molar-refractivity contribution < 1.29 is 4.39 Å². The molecule has 0 saturated carbocycles. The molecule has 0 aliphatic heterocycles. The van der Waals surface area contributed by atoms with Crippen LogP contribution in [0.5, 0.6) is 0 Å². The van der Waals surface area contributed by atoms with E-state index in [9.17, 15) is 9.18 Å².